The van der Waals surface area contributed by atoms with Crippen molar-refractivity contribution in [3.63, 3.8) is 0 Å². The van der Waals surface area contributed by atoms with Crippen molar-refractivity contribution in [2.24, 2.45) is 11.1 Å². The Labute approximate surface area is 65.7 Å². The zero-order valence-electron chi connectivity index (χ0n) is 6.33. The quantitative estimate of drug-likeness (QED) is 0.575. The highest BCUT2D eigenvalue weighted by molar-refractivity contribution is 7.91. The average Bonchev–Trinajstić information content (AvgIpc) is 2.08. The van der Waals surface area contributed by atoms with E-state index in [9.17, 15) is 13.2 Å². The van der Waals surface area contributed by atoms with Gasteiger partial charge in [-0.3, -0.25) is 4.79 Å². The van der Waals surface area contributed by atoms with Crippen LogP contribution in [0.25, 0.3) is 0 Å². The van der Waals surface area contributed by atoms with Crippen LogP contribution in [0.15, 0.2) is 0 Å². The fraction of sp³-hybridized carbons (Fsp3) is 0.833. The van der Waals surface area contributed by atoms with Crippen LogP contribution in [0.4, 0.5) is 0 Å². The number of carbonyl (C=O) groups excluding carboxylic acids is 1. The minimum Gasteiger partial charge on any atom is -0.369 e. The van der Waals surface area contributed by atoms with Crippen molar-refractivity contribution >= 4 is 15.7 Å². The van der Waals surface area contributed by atoms with E-state index in [4.69, 9.17) is 5.73 Å². The molecule has 64 valence electrons. The molecule has 0 bridgehead atoms. The minimum absolute atomic E-state index is 0.0880. The maximum absolute atomic E-state index is 10.9. The second kappa shape index (κ2) is 2.20. The SMILES string of the molecule is CC1(C(N)=O)CCS(=O)(=O)C1. The fourth-order valence-electron chi connectivity index (χ4n) is 1.20. The lowest BCUT2D eigenvalue weighted by atomic mass is 9.90. The van der Waals surface area contributed by atoms with Gasteiger partial charge >= 0.3 is 0 Å². The van der Waals surface area contributed by atoms with Gasteiger partial charge in [-0.25, -0.2) is 8.42 Å². The number of carbonyl (C=O) groups is 1. The van der Waals surface area contributed by atoms with Crippen LogP contribution in [-0.4, -0.2) is 25.8 Å². The van der Waals surface area contributed by atoms with E-state index in [0.717, 1.165) is 0 Å². The van der Waals surface area contributed by atoms with Crippen LogP contribution in [0.1, 0.15) is 13.3 Å². The van der Waals surface area contributed by atoms with Crippen molar-refractivity contribution in [1.29, 1.82) is 0 Å². The molecule has 1 saturated heterocycles. The van der Waals surface area contributed by atoms with Crippen molar-refractivity contribution in [2.45, 2.75) is 13.3 Å². The lowest BCUT2D eigenvalue weighted by Gasteiger charge is -2.15. The third-order valence-electron chi connectivity index (χ3n) is 2.10. The molecule has 11 heavy (non-hydrogen) atoms. The predicted octanol–water partition coefficient (Wildman–Crippen LogP) is -0.704. The Morgan fingerprint density at radius 2 is 2.09 bits per heavy atom. The Kier molecular flexibility index (Phi) is 1.70. The summed E-state index contributed by atoms with van der Waals surface area (Å²) in [6, 6.07) is 0. The van der Waals surface area contributed by atoms with Crippen molar-refractivity contribution in [3.05, 3.63) is 0 Å². The summed E-state index contributed by atoms with van der Waals surface area (Å²) in [5.74, 6) is -0.513. The van der Waals surface area contributed by atoms with Crippen molar-refractivity contribution < 1.29 is 13.2 Å². The minimum atomic E-state index is -3.00. The number of rotatable bonds is 1. The summed E-state index contributed by atoms with van der Waals surface area (Å²) in [6.07, 6.45) is 0.366. The largest absolute Gasteiger partial charge is 0.369 e. The first-order chi connectivity index (χ1) is 4.86. The van der Waals surface area contributed by atoms with E-state index in [1.165, 1.54) is 0 Å². The normalized spacial score (nSPS) is 35.4. The molecule has 1 atom stereocenters. The van der Waals surface area contributed by atoms with Crippen molar-refractivity contribution in [2.75, 3.05) is 11.5 Å². The summed E-state index contributed by atoms with van der Waals surface area (Å²) < 4.78 is 21.9. The Balaban J connectivity index is 2.90. The third-order valence-corrected chi connectivity index (χ3v) is 4.00. The summed E-state index contributed by atoms with van der Waals surface area (Å²) in [4.78, 5) is 10.8. The van der Waals surface area contributed by atoms with Gasteiger partial charge in [-0.15, -0.1) is 0 Å². The van der Waals surface area contributed by atoms with Gasteiger partial charge in [0.25, 0.3) is 0 Å². The van der Waals surface area contributed by atoms with E-state index in [-0.39, 0.29) is 11.5 Å². The fourth-order valence-corrected chi connectivity index (χ4v) is 3.37. The Morgan fingerprint density at radius 3 is 2.27 bits per heavy atom. The molecule has 1 aliphatic heterocycles. The van der Waals surface area contributed by atoms with Gasteiger partial charge in [0.15, 0.2) is 9.84 Å². The van der Waals surface area contributed by atoms with Crippen LogP contribution in [-0.2, 0) is 14.6 Å². The predicted molar refractivity (Wildman–Crippen MR) is 40.6 cm³/mol. The summed E-state index contributed by atoms with van der Waals surface area (Å²) in [5.41, 5.74) is 4.23. The van der Waals surface area contributed by atoms with E-state index in [2.05, 4.69) is 0 Å². The van der Waals surface area contributed by atoms with Gasteiger partial charge in [0, 0.05) is 0 Å². The highest BCUT2D eigenvalue weighted by Gasteiger charge is 2.42. The zero-order chi connectivity index (χ0) is 8.70. The van der Waals surface area contributed by atoms with Gasteiger partial charge in [-0.2, -0.15) is 0 Å². The molecule has 5 heteroatoms. The maximum Gasteiger partial charge on any atom is 0.224 e. The first-order valence-electron chi connectivity index (χ1n) is 3.36. The second-order valence-corrected chi connectivity index (χ2v) is 5.45. The van der Waals surface area contributed by atoms with Crippen LogP contribution in [0, 0.1) is 5.41 Å². The van der Waals surface area contributed by atoms with E-state index < -0.39 is 21.2 Å². The molecule has 1 rings (SSSR count). The highest BCUT2D eigenvalue weighted by atomic mass is 32.2. The number of sulfone groups is 1. The first-order valence-corrected chi connectivity index (χ1v) is 5.18. The topological polar surface area (TPSA) is 77.2 Å². The molecular formula is C6H11NO3S. The molecule has 4 nitrogen and oxygen atoms in total. The molecule has 1 amide bonds. The Bertz CT molecular complexity index is 282. The zero-order valence-corrected chi connectivity index (χ0v) is 7.15. The molecule has 0 aromatic heterocycles. The van der Waals surface area contributed by atoms with Crippen LogP contribution in [0.5, 0.6) is 0 Å². The number of hydrogen-bond donors (Lipinski definition) is 1. The monoisotopic (exact) mass is 177 g/mol. The molecule has 0 aliphatic carbocycles. The van der Waals surface area contributed by atoms with E-state index in [1.807, 2.05) is 0 Å². The van der Waals surface area contributed by atoms with Crippen molar-refractivity contribution in [1.82, 2.24) is 0 Å². The lowest BCUT2D eigenvalue weighted by Crippen LogP contribution is -2.35. The Morgan fingerprint density at radius 1 is 1.55 bits per heavy atom. The molecule has 2 N–H and O–H groups in total. The summed E-state index contributed by atoms with van der Waals surface area (Å²) in [6.45, 7) is 1.60. The summed E-state index contributed by atoms with van der Waals surface area (Å²) in [5, 5.41) is 0. The maximum atomic E-state index is 10.9. The van der Waals surface area contributed by atoms with Gasteiger partial charge < -0.3 is 5.73 Å². The van der Waals surface area contributed by atoms with Crippen LogP contribution >= 0.6 is 0 Å². The van der Waals surface area contributed by atoms with Crippen LogP contribution in [0.3, 0.4) is 0 Å². The number of hydrogen-bond acceptors (Lipinski definition) is 3. The number of nitrogens with two attached hydrogens (primary N) is 1. The van der Waals surface area contributed by atoms with Gasteiger partial charge in [-0.1, -0.05) is 0 Å². The van der Waals surface area contributed by atoms with E-state index in [0.29, 0.717) is 6.42 Å². The third kappa shape index (κ3) is 1.53. The van der Waals surface area contributed by atoms with Crippen molar-refractivity contribution in [3.8, 4) is 0 Å². The molecule has 0 spiro atoms. The molecular weight excluding hydrogens is 166 g/mol. The standard InChI is InChI=1S/C6H11NO3S/c1-6(5(7)8)2-3-11(9,10)4-6/h2-4H2,1H3,(H2,7,8). The second-order valence-electron chi connectivity index (χ2n) is 3.27. The molecule has 0 aromatic rings. The number of primary amides is 1. The molecule has 1 fully saturated rings. The molecule has 0 saturated carbocycles. The number of amides is 1. The van der Waals surface area contributed by atoms with Gasteiger partial charge in [0.05, 0.1) is 16.9 Å². The lowest BCUT2D eigenvalue weighted by molar-refractivity contribution is -0.125. The molecule has 1 unspecified atom stereocenters. The smallest absolute Gasteiger partial charge is 0.224 e. The average molecular weight is 177 g/mol. The summed E-state index contributed by atoms with van der Waals surface area (Å²) >= 11 is 0. The van der Waals surface area contributed by atoms with Gasteiger partial charge in [-0.05, 0) is 13.3 Å². The van der Waals surface area contributed by atoms with Crippen LogP contribution < -0.4 is 5.73 Å². The van der Waals surface area contributed by atoms with E-state index in [1.54, 1.807) is 6.92 Å². The molecule has 0 aromatic carbocycles. The van der Waals surface area contributed by atoms with Gasteiger partial charge in [0.2, 0.25) is 5.91 Å². The van der Waals surface area contributed by atoms with E-state index >= 15 is 0 Å². The van der Waals surface area contributed by atoms with Crippen LogP contribution in [0.2, 0.25) is 0 Å². The summed E-state index contributed by atoms with van der Waals surface area (Å²) in [7, 11) is -3.00. The van der Waals surface area contributed by atoms with Gasteiger partial charge in [0.1, 0.15) is 0 Å². The highest BCUT2D eigenvalue weighted by Crippen LogP contribution is 2.30. The Hall–Kier alpha value is -0.580. The molecule has 1 aliphatic rings. The molecule has 0 radical (unpaired) electrons. The molecule has 1 heterocycles. The first kappa shape index (κ1) is 8.52.